The van der Waals surface area contributed by atoms with Gasteiger partial charge in [-0.25, -0.2) is 0 Å². The number of rotatable bonds is 1. The van der Waals surface area contributed by atoms with Crippen molar-refractivity contribution in [2.24, 2.45) is 0 Å². The number of Topliss-reactive ketones (excluding diaryl/α,β-unsaturated/α-hetero) is 1. The van der Waals surface area contributed by atoms with Crippen molar-refractivity contribution in [2.45, 2.75) is 45.1 Å². The Balaban J connectivity index is 2.08. The van der Waals surface area contributed by atoms with Gasteiger partial charge in [0.1, 0.15) is 5.78 Å². The van der Waals surface area contributed by atoms with Crippen molar-refractivity contribution in [3.8, 4) is 0 Å². The fourth-order valence-corrected chi connectivity index (χ4v) is 2.43. The maximum absolute atomic E-state index is 11.1. The van der Waals surface area contributed by atoms with E-state index < -0.39 is 0 Å². The van der Waals surface area contributed by atoms with Crippen LogP contribution in [-0.4, -0.2) is 15.6 Å². The molecular weight excluding hydrogens is 224 g/mol. The summed E-state index contributed by atoms with van der Waals surface area (Å²) < 4.78 is 2.02. The van der Waals surface area contributed by atoms with Gasteiger partial charge in [0, 0.05) is 18.2 Å². The largest absolute Gasteiger partial charge is 0.300 e. The quantitative estimate of drug-likeness (QED) is 0.769. The van der Waals surface area contributed by atoms with Crippen molar-refractivity contribution in [2.75, 3.05) is 0 Å². The Labute approximate surface area is 107 Å². The first-order chi connectivity index (χ1) is 8.45. The minimum absolute atomic E-state index is 0.138. The second-order valence-corrected chi connectivity index (χ2v) is 6.21. The van der Waals surface area contributed by atoms with E-state index in [4.69, 9.17) is 0 Å². The molecule has 1 saturated carbocycles. The third kappa shape index (κ3) is 1.74. The first kappa shape index (κ1) is 11.5. The van der Waals surface area contributed by atoms with Gasteiger partial charge in [-0.05, 0) is 17.0 Å². The molecule has 1 aliphatic rings. The molecule has 0 amide bonds. The molecule has 0 bridgehead atoms. The van der Waals surface area contributed by atoms with Gasteiger partial charge in [0.2, 0.25) is 0 Å². The Morgan fingerprint density at radius 2 is 2.00 bits per heavy atom. The summed E-state index contributed by atoms with van der Waals surface area (Å²) in [5.41, 5.74) is 2.60. The zero-order valence-corrected chi connectivity index (χ0v) is 11.1. The number of nitrogens with zero attached hydrogens (tertiary/aromatic N) is 2. The topological polar surface area (TPSA) is 34.9 Å². The number of hydrogen-bond acceptors (Lipinski definition) is 2. The van der Waals surface area contributed by atoms with Crippen LogP contribution in [0.5, 0.6) is 0 Å². The molecule has 0 aliphatic heterocycles. The third-order valence-electron chi connectivity index (χ3n) is 3.74. The zero-order valence-electron chi connectivity index (χ0n) is 11.1. The Morgan fingerprint density at radius 3 is 2.61 bits per heavy atom. The average Bonchev–Trinajstić information content (AvgIpc) is 2.66. The van der Waals surface area contributed by atoms with Crippen molar-refractivity contribution < 1.29 is 4.79 Å². The number of ketones is 1. The first-order valence-corrected chi connectivity index (χ1v) is 6.44. The summed E-state index contributed by atoms with van der Waals surface area (Å²) >= 11 is 0. The number of benzene rings is 1. The molecule has 1 aliphatic carbocycles. The van der Waals surface area contributed by atoms with Crippen molar-refractivity contribution in [1.82, 2.24) is 9.78 Å². The SMILES string of the molecule is CC(C)(C)c1ccc2cnn(C3CC(=O)C3)c2c1. The van der Waals surface area contributed by atoms with Crippen LogP contribution < -0.4 is 0 Å². The van der Waals surface area contributed by atoms with Crippen LogP contribution in [0, 0.1) is 0 Å². The smallest absolute Gasteiger partial charge is 0.137 e. The molecule has 3 nitrogen and oxygen atoms in total. The summed E-state index contributed by atoms with van der Waals surface area (Å²) in [6.07, 6.45) is 3.16. The summed E-state index contributed by atoms with van der Waals surface area (Å²) in [7, 11) is 0. The van der Waals surface area contributed by atoms with E-state index in [2.05, 4.69) is 44.1 Å². The molecule has 18 heavy (non-hydrogen) atoms. The van der Waals surface area contributed by atoms with E-state index in [1.54, 1.807) is 0 Å². The molecule has 0 radical (unpaired) electrons. The molecule has 1 heterocycles. The number of hydrogen-bond donors (Lipinski definition) is 0. The van der Waals surface area contributed by atoms with Crippen molar-refractivity contribution >= 4 is 16.7 Å². The van der Waals surface area contributed by atoms with Crippen LogP contribution in [0.3, 0.4) is 0 Å². The molecule has 94 valence electrons. The summed E-state index contributed by atoms with van der Waals surface area (Å²) in [6, 6.07) is 6.77. The van der Waals surface area contributed by atoms with Crippen LogP contribution >= 0.6 is 0 Å². The Bertz CT molecular complexity index is 611. The van der Waals surface area contributed by atoms with E-state index in [1.165, 1.54) is 5.56 Å². The monoisotopic (exact) mass is 242 g/mol. The predicted octanol–water partition coefficient (Wildman–Crippen LogP) is 3.24. The second-order valence-electron chi connectivity index (χ2n) is 6.21. The molecule has 2 aromatic rings. The van der Waals surface area contributed by atoms with E-state index in [9.17, 15) is 4.79 Å². The molecule has 0 spiro atoms. The highest BCUT2D eigenvalue weighted by atomic mass is 16.1. The van der Waals surface area contributed by atoms with Crippen LogP contribution in [0.2, 0.25) is 0 Å². The summed E-state index contributed by atoms with van der Waals surface area (Å²) in [5, 5.41) is 5.59. The molecular formula is C15H18N2O. The van der Waals surface area contributed by atoms with Crippen LogP contribution in [-0.2, 0) is 10.2 Å². The summed E-state index contributed by atoms with van der Waals surface area (Å²) in [5.74, 6) is 0.343. The molecule has 1 aromatic carbocycles. The standard InChI is InChI=1S/C15H18N2O/c1-15(2,3)11-5-4-10-9-16-17(14(10)6-11)12-7-13(18)8-12/h4-6,9,12H,7-8H2,1-3H3. The minimum Gasteiger partial charge on any atom is -0.300 e. The van der Waals surface area contributed by atoms with Gasteiger partial charge in [-0.1, -0.05) is 32.9 Å². The molecule has 0 saturated heterocycles. The maximum atomic E-state index is 11.1. The maximum Gasteiger partial charge on any atom is 0.137 e. The minimum atomic E-state index is 0.138. The molecule has 0 atom stereocenters. The Morgan fingerprint density at radius 1 is 1.28 bits per heavy atom. The average molecular weight is 242 g/mol. The lowest BCUT2D eigenvalue weighted by Crippen LogP contribution is -2.27. The highest BCUT2D eigenvalue weighted by Crippen LogP contribution is 2.32. The van der Waals surface area contributed by atoms with Crippen LogP contribution in [0.15, 0.2) is 24.4 Å². The van der Waals surface area contributed by atoms with Crippen molar-refractivity contribution in [3.63, 3.8) is 0 Å². The van der Waals surface area contributed by atoms with Gasteiger partial charge in [-0.3, -0.25) is 9.48 Å². The predicted molar refractivity (Wildman–Crippen MR) is 71.7 cm³/mol. The van der Waals surface area contributed by atoms with E-state index in [0.29, 0.717) is 18.6 Å². The van der Waals surface area contributed by atoms with Gasteiger partial charge in [0.05, 0.1) is 17.8 Å². The zero-order chi connectivity index (χ0) is 12.9. The van der Waals surface area contributed by atoms with E-state index in [0.717, 1.165) is 10.9 Å². The molecule has 1 fully saturated rings. The lowest BCUT2D eigenvalue weighted by molar-refractivity contribution is -0.126. The molecule has 1 aromatic heterocycles. The highest BCUT2D eigenvalue weighted by Gasteiger charge is 2.29. The van der Waals surface area contributed by atoms with Gasteiger partial charge in [0.15, 0.2) is 0 Å². The van der Waals surface area contributed by atoms with Gasteiger partial charge in [0.25, 0.3) is 0 Å². The van der Waals surface area contributed by atoms with E-state index >= 15 is 0 Å². The highest BCUT2D eigenvalue weighted by molar-refractivity contribution is 5.86. The fraction of sp³-hybridized carbons (Fsp3) is 0.467. The molecule has 0 N–H and O–H groups in total. The van der Waals surface area contributed by atoms with E-state index in [1.807, 2.05) is 10.9 Å². The third-order valence-corrected chi connectivity index (χ3v) is 3.74. The normalized spacial score (nSPS) is 17.2. The lowest BCUT2D eigenvalue weighted by atomic mass is 9.86. The van der Waals surface area contributed by atoms with Crippen molar-refractivity contribution in [1.29, 1.82) is 0 Å². The summed E-state index contributed by atoms with van der Waals surface area (Å²) in [6.45, 7) is 6.63. The van der Waals surface area contributed by atoms with Gasteiger partial charge in [-0.2, -0.15) is 5.10 Å². The van der Waals surface area contributed by atoms with Gasteiger partial charge >= 0.3 is 0 Å². The molecule has 0 unspecified atom stereocenters. The van der Waals surface area contributed by atoms with Crippen LogP contribution in [0.1, 0.15) is 45.2 Å². The second kappa shape index (κ2) is 3.67. The Kier molecular flexibility index (Phi) is 2.34. The Hall–Kier alpha value is -1.64. The van der Waals surface area contributed by atoms with Gasteiger partial charge in [-0.15, -0.1) is 0 Å². The fourth-order valence-electron chi connectivity index (χ4n) is 2.43. The number of fused-ring (bicyclic) bond motifs is 1. The molecule has 3 rings (SSSR count). The van der Waals surface area contributed by atoms with Gasteiger partial charge < -0.3 is 0 Å². The van der Waals surface area contributed by atoms with Crippen molar-refractivity contribution in [3.05, 3.63) is 30.0 Å². The first-order valence-electron chi connectivity index (χ1n) is 6.44. The number of carbonyl (C=O) groups is 1. The molecule has 3 heteroatoms. The summed E-state index contributed by atoms with van der Waals surface area (Å²) in [4.78, 5) is 11.1. The number of carbonyl (C=O) groups excluding carboxylic acids is 1. The lowest BCUT2D eigenvalue weighted by Gasteiger charge is -2.26. The van der Waals surface area contributed by atoms with E-state index in [-0.39, 0.29) is 11.5 Å². The van der Waals surface area contributed by atoms with Crippen LogP contribution in [0.25, 0.3) is 10.9 Å². The van der Waals surface area contributed by atoms with Crippen LogP contribution in [0.4, 0.5) is 0 Å². The number of aromatic nitrogens is 2.